The van der Waals surface area contributed by atoms with E-state index in [0.29, 0.717) is 11.3 Å². The Morgan fingerprint density at radius 3 is 1.77 bits per heavy atom. The Labute approximate surface area is 223 Å². The molecule has 0 aromatic carbocycles. The number of rotatable bonds is 5. The predicted octanol–water partition coefficient (Wildman–Crippen LogP) is 1.27. The van der Waals surface area contributed by atoms with E-state index in [0.717, 1.165) is 80.8 Å². The first-order valence-electron chi connectivity index (χ1n) is 12.7. The summed E-state index contributed by atoms with van der Waals surface area (Å²) in [6.07, 6.45) is 12.5. The fourth-order valence-electron chi connectivity index (χ4n) is 4.92. The maximum atomic E-state index is 11.1. The van der Waals surface area contributed by atoms with Crippen LogP contribution in [0.1, 0.15) is 25.7 Å². The van der Waals surface area contributed by atoms with Crippen molar-refractivity contribution >= 4 is 46.2 Å². The van der Waals surface area contributed by atoms with Crippen LogP contribution in [0.2, 0.25) is 0 Å². The summed E-state index contributed by atoms with van der Waals surface area (Å²) in [6, 6.07) is 1.85. The Hall–Kier alpha value is -4.93. The Morgan fingerprint density at radius 2 is 1.33 bits per heavy atom. The molecular formula is C25H28N12O2. The zero-order valence-corrected chi connectivity index (χ0v) is 21.2. The number of aromatic nitrogens is 8. The third-order valence-electron chi connectivity index (χ3n) is 7.06. The summed E-state index contributed by atoms with van der Waals surface area (Å²) in [5, 5.41) is 8.89. The number of hydrogen-bond acceptors (Lipinski definition) is 11. The molecule has 200 valence electrons. The fourth-order valence-corrected chi connectivity index (χ4v) is 4.92. The molecular weight excluding hydrogens is 500 g/mol. The largest absolute Gasteiger partial charge is 0.365 e. The molecule has 4 aromatic rings. The van der Waals surface area contributed by atoms with Gasteiger partial charge in [0.25, 0.3) is 5.91 Å². The third-order valence-corrected chi connectivity index (χ3v) is 7.06. The Balaban J connectivity index is 0.000000163. The predicted molar refractivity (Wildman–Crippen MR) is 142 cm³/mol. The van der Waals surface area contributed by atoms with E-state index in [1.165, 1.54) is 12.7 Å². The van der Waals surface area contributed by atoms with E-state index >= 15 is 0 Å². The number of nitrogens with zero attached hydrogens (tertiary/aromatic N) is 9. The molecule has 2 saturated heterocycles. The molecule has 0 spiro atoms. The molecule has 14 nitrogen and oxygen atoms in total. The van der Waals surface area contributed by atoms with Crippen molar-refractivity contribution in [1.29, 1.82) is 5.26 Å². The topological polar surface area (TPSA) is 199 Å². The second kappa shape index (κ2) is 11.6. The van der Waals surface area contributed by atoms with Gasteiger partial charge in [0.1, 0.15) is 41.6 Å². The lowest BCUT2D eigenvalue weighted by atomic mass is 9.94. The molecule has 0 bridgehead atoms. The molecule has 4 N–H and O–H groups in total. The average molecular weight is 529 g/mol. The minimum atomic E-state index is -0.667. The molecule has 0 unspecified atom stereocenters. The smallest absolute Gasteiger partial charge is 0.259 e. The lowest BCUT2D eigenvalue weighted by Gasteiger charge is -2.31. The highest BCUT2D eigenvalue weighted by molar-refractivity contribution is 5.95. The van der Waals surface area contributed by atoms with E-state index in [4.69, 9.17) is 11.0 Å². The second-order valence-corrected chi connectivity index (χ2v) is 9.44. The number of aromatic amines is 2. The van der Waals surface area contributed by atoms with Gasteiger partial charge in [0.2, 0.25) is 0 Å². The van der Waals surface area contributed by atoms with Crippen molar-refractivity contribution in [2.24, 2.45) is 17.6 Å². The molecule has 6 rings (SSSR count). The number of carbonyl (C=O) groups is 2. The molecule has 6 heterocycles. The lowest BCUT2D eigenvalue weighted by Crippen LogP contribution is -2.34. The van der Waals surface area contributed by atoms with Crippen LogP contribution < -0.4 is 15.5 Å². The number of fused-ring (bicyclic) bond motifs is 2. The zero-order chi connectivity index (χ0) is 27.2. The number of carbonyl (C=O) groups excluding carboxylic acids is 2. The number of primary amides is 1. The molecule has 14 heteroatoms. The van der Waals surface area contributed by atoms with Crippen LogP contribution in [0.25, 0.3) is 22.3 Å². The third kappa shape index (κ3) is 5.66. The number of H-pyrrole nitrogens is 2. The molecule has 1 amide bonds. The first-order chi connectivity index (χ1) is 19.1. The zero-order valence-electron chi connectivity index (χ0n) is 21.2. The van der Waals surface area contributed by atoms with Gasteiger partial charge in [-0.25, -0.2) is 29.9 Å². The Kier molecular flexibility index (Phi) is 7.67. The van der Waals surface area contributed by atoms with Crippen molar-refractivity contribution in [3.05, 3.63) is 37.0 Å². The second-order valence-electron chi connectivity index (χ2n) is 9.44. The number of piperidine rings is 2. The van der Waals surface area contributed by atoms with Gasteiger partial charge in [-0.05, 0) is 31.6 Å². The SMILES string of the molecule is N#C/C(=C\C1CCN(c2ncnc3nc[nH]c23)CC1)C(N)=O.O=CC1CCN(c2ncnc3nc[nH]c23)CC1. The summed E-state index contributed by atoms with van der Waals surface area (Å²) in [5.41, 5.74) is 8.23. The summed E-state index contributed by atoms with van der Waals surface area (Å²) >= 11 is 0. The average Bonchev–Trinajstić information content (AvgIpc) is 3.66. The summed E-state index contributed by atoms with van der Waals surface area (Å²) in [7, 11) is 0. The number of anilines is 2. The van der Waals surface area contributed by atoms with Crippen LogP contribution in [0.4, 0.5) is 11.6 Å². The van der Waals surface area contributed by atoms with Gasteiger partial charge in [0.15, 0.2) is 22.9 Å². The number of nitrogens with one attached hydrogen (secondary N) is 2. The molecule has 2 aliphatic rings. The van der Waals surface area contributed by atoms with Crippen molar-refractivity contribution in [2.45, 2.75) is 25.7 Å². The number of allylic oxidation sites excluding steroid dienone is 1. The summed E-state index contributed by atoms with van der Waals surface area (Å²) in [4.78, 5) is 57.4. The van der Waals surface area contributed by atoms with E-state index < -0.39 is 5.91 Å². The number of nitriles is 1. The van der Waals surface area contributed by atoms with Gasteiger partial charge in [-0.1, -0.05) is 6.08 Å². The van der Waals surface area contributed by atoms with Crippen molar-refractivity contribution in [3.8, 4) is 6.07 Å². The van der Waals surface area contributed by atoms with Gasteiger partial charge < -0.3 is 30.3 Å². The maximum absolute atomic E-state index is 11.1. The minimum absolute atomic E-state index is 0.0384. The van der Waals surface area contributed by atoms with Crippen molar-refractivity contribution in [1.82, 2.24) is 39.9 Å². The molecule has 0 aliphatic carbocycles. The van der Waals surface area contributed by atoms with E-state index in [9.17, 15) is 9.59 Å². The number of hydrogen-bond donors (Lipinski definition) is 3. The van der Waals surface area contributed by atoms with Crippen LogP contribution in [0, 0.1) is 23.2 Å². The summed E-state index contributed by atoms with van der Waals surface area (Å²) < 4.78 is 0. The number of amides is 1. The first-order valence-corrected chi connectivity index (χ1v) is 12.7. The van der Waals surface area contributed by atoms with E-state index in [1.54, 1.807) is 18.7 Å². The molecule has 0 saturated carbocycles. The Bertz CT molecular complexity index is 1520. The maximum Gasteiger partial charge on any atom is 0.259 e. The molecule has 4 aromatic heterocycles. The van der Waals surface area contributed by atoms with Gasteiger partial charge in [0, 0.05) is 32.1 Å². The summed E-state index contributed by atoms with van der Waals surface area (Å²) in [5.74, 6) is 1.43. The number of nitrogens with two attached hydrogens (primary N) is 1. The standard InChI is InChI=1S/C14H15N7O.C11H13N5O/c15-6-10(12(16)22)5-9-1-3-21(4-2-9)14-11-13(18-7-17-11)19-8-20-14;17-5-8-1-3-16(4-2-8)11-9-10(13-6-12-9)14-7-15-11/h5,7-9H,1-4H2,(H2,16,22)(H,17,18,19,20);5-8H,1-4H2,(H,12,13,14,15)/b10-5+;. The molecule has 0 atom stereocenters. The number of imidazole rings is 2. The van der Waals surface area contributed by atoms with Gasteiger partial charge >= 0.3 is 0 Å². The normalized spacial score (nSPS) is 17.1. The fraction of sp³-hybridized carbons (Fsp3) is 0.400. The lowest BCUT2D eigenvalue weighted by molar-refractivity contribution is -0.114. The van der Waals surface area contributed by atoms with Crippen molar-refractivity contribution in [3.63, 3.8) is 0 Å². The van der Waals surface area contributed by atoms with E-state index in [-0.39, 0.29) is 17.4 Å². The quantitative estimate of drug-likeness (QED) is 0.191. The molecule has 0 radical (unpaired) electrons. The minimum Gasteiger partial charge on any atom is -0.365 e. The van der Waals surface area contributed by atoms with Gasteiger partial charge in [0.05, 0.1) is 12.7 Å². The van der Waals surface area contributed by atoms with Crippen LogP contribution in [0.15, 0.2) is 37.0 Å². The highest BCUT2D eigenvalue weighted by Gasteiger charge is 2.23. The van der Waals surface area contributed by atoms with Gasteiger partial charge in [-0.3, -0.25) is 4.79 Å². The van der Waals surface area contributed by atoms with Gasteiger partial charge in [-0.15, -0.1) is 0 Å². The highest BCUT2D eigenvalue weighted by Crippen LogP contribution is 2.27. The first kappa shape index (κ1) is 25.7. The van der Waals surface area contributed by atoms with Crippen LogP contribution in [0.5, 0.6) is 0 Å². The van der Waals surface area contributed by atoms with Crippen LogP contribution in [-0.2, 0) is 9.59 Å². The van der Waals surface area contributed by atoms with Crippen molar-refractivity contribution < 1.29 is 9.59 Å². The van der Waals surface area contributed by atoms with Gasteiger partial charge in [-0.2, -0.15) is 5.26 Å². The highest BCUT2D eigenvalue weighted by atomic mass is 16.1. The molecule has 2 fully saturated rings. The van der Waals surface area contributed by atoms with Crippen LogP contribution in [0.3, 0.4) is 0 Å². The monoisotopic (exact) mass is 528 g/mol. The Morgan fingerprint density at radius 1 is 0.846 bits per heavy atom. The molecule has 2 aliphatic heterocycles. The number of aldehydes is 1. The van der Waals surface area contributed by atoms with Crippen LogP contribution >= 0.6 is 0 Å². The summed E-state index contributed by atoms with van der Waals surface area (Å²) in [6.45, 7) is 3.27. The molecule has 39 heavy (non-hydrogen) atoms. The van der Waals surface area contributed by atoms with Crippen molar-refractivity contribution in [2.75, 3.05) is 36.0 Å². The van der Waals surface area contributed by atoms with E-state index in [2.05, 4.69) is 49.7 Å². The van der Waals surface area contributed by atoms with E-state index in [1.807, 2.05) is 6.07 Å². The van der Waals surface area contributed by atoms with Crippen LogP contribution in [-0.4, -0.2) is 78.2 Å².